The number of carbonyl (C=O) groups is 2. The van der Waals surface area contributed by atoms with Crippen molar-refractivity contribution >= 4 is 11.8 Å². The molecule has 0 N–H and O–H groups in total. The van der Waals surface area contributed by atoms with E-state index in [4.69, 9.17) is 4.74 Å². The van der Waals surface area contributed by atoms with Gasteiger partial charge >= 0.3 is 0 Å². The van der Waals surface area contributed by atoms with Crippen molar-refractivity contribution in [2.75, 3.05) is 20.3 Å². The zero-order valence-electron chi connectivity index (χ0n) is 7.37. The molecule has 1 saturated heterocycles. The molecule has 1 fully saturated rings. The van der Waals surface area contributed by atoms with Crippen LogP contribution >= 0.6 is 0 Å². The number of amides is 2. The van der Waals surface area contributed by atoms with Gasteiger partial charge in [-0.3, -0.25) is 14.5 Å². The molecule has 12 heavy (non-hydrogen) atoms. The van der Waals surface area contributed by atoms with Crippen LogP contribution in [0.5, 0.6) is 0 Å². The zero-order valence-corrected chi connectivity index (χ0v) is 7.37. The van der Waals surface area contributed by atoms with Crippen molar-refractivity contribution in [1.29, 1.82) is 0 Å². The van der Waals surface area contributed by atoms with Crippen LogP contribution in [-0.2, 0) is 14.3 Å². The maximum atomic E-state index is 11.3. The predicted molar refractivity (Wildman–Crippen MR) is 42.4 cm³/mol. The molecule has 1 atom stereocenters. The Morgan fingerprint density at radius 3 is 2.67 bits per heavy atom. The fraction of sp³-hybridized carbons (Fsp3) is 0.750. The number of methoxy groups -OCH3 is 1. The van der Waals surface area contributed by atoms with Gasteiger partial charge in [-0.05, 0) is 0 Å². The predicted octanol–water partition coefficient (Wildman–Crippen LogP) is 0.0278. The van der Waals surface area contributed by atoms with Crippen LogP contribution < -0.4 is 0 Å². The van der Waals surface area contributed by atoms with Gasteiger partial charge in [0.2, 0.25) is 11.8 Å². The molecule has 0 spiro atoms. The monoisotopic (exact) mass is 171 g/mol. The average Bonchev–Trinajstić information content (AvgIpc) is 2.25. The molecule has 1 rings (SSSR count). The highest BCUT2D eigenvalue weighted by molar-refractivity contribution is 6.03. The fourth-order valence-electron chi connectivity index (χ4n) is 1.27. The highest BCUT2D eigenvalue weighted by atomic mass is 16.5. The zero-order chi connectivity index (χ0) is 9.14. The number of hydrogen-bond donors (Lipinski definition) is 0. The summed E-state index contributed by atoms with van der Waals surface area (Å²) >= 11 is 0. The van der Waals surface area contributed by atoms with Crippen LogP contribution in [0.1, 0.15) is 13.3 Å². The molecule has 1 heterocycles. The minimum absolute atomic E-state index is 0.0722. The largest absolute Gasteiger partial charge is 0.383 e. The highest BCUT2D eigenvalue weighted by Crippen LogP contribution is 2.17. The number of nitrogens with zero attached hydrogens (tertiary/aromatic N) is 1. The van der Waals surface area contributed by atoms with Gasteiger partial charge in [-0.25, -0.2) is 0 Å². The molecule has 0 bridgehead atoms. The quantitative estimate of drug-likeness (QED) is 0.563. The molecule has 0 radical (unpaired) electrons. The van der Waals surface area contributed by atoms with E-state index in [-0.39, 0.29) is 17.7 Å². The highest BCUT2D eigenvalue weighted by Gasteiger charge is 2.34. The lowest BCUT2D eigenvalue weighted by Gasteiger charge is -2.12. The molecule has 1 unspecified atom stereocenters. The lowest BCUT2D eigenvalue weighted by Crippen LogP contribution is -2.33. The van der Waals surface area contributed by atoms with Gasteiger partial charge < -0.3 is 4.74 Å². The Morgan fingerprint density at radius 2 is 2.25 bits per heavy atom. The molecular formula is C8H13NO3. The normalized spacial score (nSPS) is 23.8. The van der Waals surface area contributed by atoms with Crippen LogP contribution in [0.15, 0.2) is 0 Å². The second-order valence-electron chi connectivity index (χ2n) is 2.98. The molecule has 4 heteroatoms. The second kappa shape index (κ2) is 3.67. The minimum Gasteiger partial charge on any atom is -0.383 e. The Balaban J connectivity index is 2.52. The van der Waals surface area contributed by atoms with E-state index in [0.717, 1.165) is 0 Å². The standard InChI is InChI=1S/C8H13NO3/c1-6-5-7(10)9(8(6)11)3-4-12-2/h6H,3-5H2,1-2H3. The van der Waals surface area contributed by atoms with Crippen LogP contribution in [0.3, 0.4) is 0 Å². The van der Waals surface area contributed by atoms with E-state index in [1.54, 1.807) is 14.0 Å². The van der Waals surface area contributed by atoms with Gasteiger partial charge in [0.15, 0.2) is 0 Å². The third kappa shape index (κ3) is 1.64. The minimum atomic E-state index is -0.144. The van der Waals surface area contributed by atoms with Crippen molar-refractivity contribution < 1.29 is 14.3 Å². The Labute approximate surface area is 71.5 Å². The van der Waals surface area contributed by atoms with Crippen molar-refractivity contribution in [3.05, 3.63) is 0 Å². The van der Waals surface area contributed by atoms with Crippen molar-refractivity contribution in [2.24, 2.45) is 5.92 Å². The molecule has 0 aliphatic carbocycles. The summed E-state index contributed by atoms with van der Waals surface area (Å²) in [6.07, 6.45) is 0.350. The second-order valence-corrected chi connectivity index (χ2v) is 2.98. The van der Waals surface area contributed by atoms with E-state index >= 15 is 0 Å². The fourth-order valence-corrected chi connectivity index (χ4v) is 1.27. The van der Waals surface area contributed by atoms with Gasteiger partial charge in [0.05, 0.1) is 13.2 Å². The lowest BCUT2D eigenvalue weighted by atomic mass is 10.1. The molecule has 0 aromatic carbocycles. The number of imide groups is 1. The Morgan fingerprint density at radius 1 is 1.58 bits per heavy atom. The number of ether oxygens (including phenoxy) is 1. The molecule has 0 aromatic rings. The first kappa shape index (κ1) is 9.19. The molecule has 2 amide bonds. The van der Waals surface area contributed by atoms with E-state index < -0.39 is 0 Å². The molecular weight excluding hydrogens is 158 g/mol. The van der Waals surface area contributed by atoms with Gasteiger partial charge in [0.25, 0.3) is 0 Å². The molecule has 1 aliphatic rings. The Hall–Kier alpha value is -0.900. The first-order valence-electron chi connectivity index (χ1n) is 4.00. The SMILES string of the molecule is COCCN1C(=O)CC(C)C1=O. The van der Waals surface area contributed by atoms with Gasteiger partial charge in [-0.1, -0.05) is 6.92 Å². The summed E-state index contributed by atoms with van der Waals surface area (Å²) in [5.41, 5.74) is 0. The average molecular weight is 171 g/mol. The topological polar surface area (TPSA) is 46.6 Å². The van der Waals surface area contributed by atoms with E-state index in [1.165, 1.54) is 4.90 Å². The molecule has 0 saturated carbocycles. The molecule has 0 aromatic heterocycles. The third-order valence-corrected chi connectivity index (χ3v) is 1.99. The third-order valence-electron chi connectivity index (χ3n) is 1.99. The van der Waals surface area contributed by atoms with Gasteiger partial charge in [-0.15, -0.1) is 0 Å². The molecule has 68 valence electrons. The van der Waals surface area contributed by atoms with Crippen molar-refractivity contribution in [2.45, 2.75) is 13.3 Å². The summed E-state index contributed by atoms with van der Waals surface area (Å²) in [5, 5.41) is 0. The smallest absolute Gasteiger partial charge is 0.232 e. The van der Waals surface area contributed by atoms with Crippen LogP contribution in [0.2, 0.25) is 0 Å². The van der Waals surface area contributed by atoms with E-state index in [2.05, 4.69) is 0 Å². The summed E-state index contributed by atoms with van der Waals surface area (Å²) in [4.78, 5) is 23.7. The Kier molecular flexibility index (Phi) is 2.81. The van der Waals surface area contributed by atoms with Crippen LogP contribution in [0, 0.1) is 5.92 Å². The summed E-state index contributed by atoms with van der Waals surface area (Å²) in [7, 11) is 1.55. The summed E-state index contributed by atoms with van der Waals surface area (Å²) in [5.74, 6) is -0.295. The van der Waals surface area contributed by atoms with Crippen molar-refractivity contribution in [1.82, 2.24) is 4.90 Å². The first-order valence-corrected chi connectivity index (χ1v) is 4.00. The van der Waals surface area contributed by atoms with E-state index in [9.17, 15) is 9.59 Å². The first-order chi connectivity index (χ1) is 5.66. The van der Waals surface area contributed by atoms with Crippen molar-refractivity contribution in [3.63, 3.8) is 0 Å². The van der Waals surface area contributed by atoms with E-state index in [0.29, 0.717) is 19.6 Å². The summed E-state index contributed by atoms with van der Waals surface area (Å²) in [6.45, 7) is 2.58. The Bertz CT molecular complexity index is 202. The van der Waals surface area contributed by atoms with E-state index in [1.807, 2.05) is 0 Å². The van der Waals surface area contributed by atoms with Gasteiger partial charge in [0.1, 0.15) is 0 Å². The maximum Gasteiger partial charge on any atom is 0.232 e. The van der Waals surface area contributed by atoms with Crippen molar-refractivity contribution in [3.8, 4) is 0 Å². The number of hydrogen-bond acceptors (Lipinski definition) is 3. The van der Waals surface area contributed by atoms with Gasteiger partial charge in [0, 0.05) is 19.4 Å². The van der Waals surface area contributed by atoms with Crippen LogP contribution in [0.25, 0.3) is 0 Å². The summed E-state index contributed by atoms with van der Waals surface area (Å²) in [6, 6.07) is 0. The lowest BCUT2D eigenvalue weighted by molar-refractivity contribution is -0.139. The number of likely N-dealkylation sites (tertiary alicyclic amines) is 1. The molecule has 4 nitrogen and oxygen atoms in total. The van der Waals surface area contributed by atoms with Crippen LogP contribution in [-0.4, -0.2) is 37.0 Å². The van der Waals surface area contributed by atoms with Gasteiger partial charge in [-0.2, -0.15) is 0 Å². The number of rotatable bonds is 3. The maximum absolute atomic E-state index is 11.3. The van der Waals surface area contributed by atoms with Crippen LogP contribution in [0.4, 0.5) is 0 Å². The summed E-state index contributed by atoms with van der Waals surface area (Å²) < 4.78 is 4.79. The molecule has 1 aliphatic heterocycles. The number of carbonyl (C=O) groups excluding carboxylic acids is 2.